The lowest BCUT2D eigenvalue weighted by molar-refractivity contribution is -0.136. The molecule has 0 amide bonds. The van der Waals surface area contributed by atoms with E-state index < -0.39 is 5.97 Å². The van der Waals surface area contributed by atoms with Crippen molar-refractivity contribution < 1.29 is 14.6 Å². The van der Waals surface area contributed by atoms with Crippen molar-refractivity contribution in [2.75, 3.05) is 7.11 Å². The number of aliphatic carboxylic acids is 1. The Kier molecular flexibility index (Phi) is 4.07. The van der Waals surface area contributed by atoms with E-state index in [-0.39, 0.29) is 6.42 Å². The average Bonchev–Trinajstić information content (AvgIpc) is 2.41. The SMILES string of the molecule is COc1ccc(-c2ccc(CC(=O)O)c(Cl)c2)cc1. The highest BCUT2D eigenvalue weighted by Gasteiger charge is 2.07. The molecule has 0 bridgehead atoms. The van der Waals surface area contributed by atoms with Crippen molar-refractivity contribution >= 4 is 17.6 Å². The zero-order chi connectivity index (χ0) is 13.8. The van der Waals surface area contributed by atoms with Gasteiger partial charge in [-0.25, -0.2) is 0 Å². The average molecular weight is 277 g/mol. The Bertz CT molecular complexity index is 591. The monoisotopic (exact) mass is 276 g/mol. The van der Waals surface area contributed by atoms with Gasteiger partial charge in [-0.3, -0.25) is 4.79 Å². The molecule has 0 saturated heterocycles. The Hall–Kier alpha value is -2.00. The second kappa shape index (κ2) is 5.76. The zero-order valence-corrected chi connectivity index (χ0v) is 11.1. The van der Waals surface area contributed by atoms with Crippen molar-refractivity contribution in [1.29, 1.82) is 0 Å². The van der Waals surface area contributed by atoms with Crippen LogP contribution in [0.15, 0.2) is 42.5 Å². The van der Waals surface area contributed by atoms with Crippen LogP contribution in [0, 0.1) is 0 Å². The minimum atomic E-state index is -0.890. The van der Waals surface area contributed by atoms with Gasteiger partial charge in [0.1, 0.15) is 5.75 Å². The smallest absolute Gasteiger partial charge is 0.307 e. The number of rotatable bonds is 4. The molecule has 0 aromatic heterocycles. The van der Waals surface area contributed by atoms with Crippen LogP contribution in [-0.4, -0.2) is 18.2 Å². The standard InChI is InChI=1S/C15H13ClO3/c1-19-13-6-4-10(5-7-13)11-2-3-12(9-15(17)18)14(16)8-11/h2-8H,9H2,1H3,(H,17,18). The van der Waals surface area contributed by atoms with Crippen molar-refractivity contribution in [3.05, 3.63) is 53.1 Å². The Balaban J connectivity index is 2.30. The molecule has 98 valence electrons. The summed E-state index contributed by atoms with van der Waals surface area (Å²) in [4.78, 5) is 10.7. The summed E-state index contributed by atoms with van der Waals surface area (Å²) >= 11 is 6.09. The number of hydrogen-bond donors (Lipinski definition) is 1. The summed E-state index contributed by atoms with van der Waals surface area (Å²) in [6.45, 7) is 0. The third-order valence-electron chi connectivity index (χ3n) is 2.82. The van der Waals surface area contributed by atoms with E-state index in [1.807, 2.05) is 30.3 Å². The molecule has 0 aliphatic carbocycles. The molecule has 1 N–H and O–H groups in total. The predicted molar refractivity (Wildman–Crippen MR) is 74.8 cm³/mol. The van der Waals surface area contributed by atoms with Crippen LogP contribution in [0.1, 0.15) is 5.56 Å². The molecule has 4 heteroatoms. The molecule has 2 aromatic carbocycles. The fraction of sp³-hybridized carbons (Fsp3) is 0.133. The fourth-order valence-corrected chi connectivity index (χ4v) is 2.06. The van der Waals surface area contributed by atoms with Crippen molar-refractivity contribution in [3.8, 4) is 16.9 Å². The number of ether oxygens (including phenoxy) is 1. The summed E-state index contributed by atoms with van der Waals surface area (Å²) in [7, 11) is 1.62. The number of carbonyl (C=O) groups is 1. The van der Waals surface area contributed by atoms with Crippen LogP contribution in [0.4, 0.5) is 0 Å². The van der Waals surface area contributed by atoms with Gasteiger partial charge in [0, 0.05) is 5.02 Å². The van der Waals surface area contributed by atoms with Gasteiger partial charge in [0.15, 0.2) is 0 Å². The van der Waals surface area contributed by atoms with Gasteiger partial charge in [0.05, 0.1) is 13.5 Å². The zero-order valence-electron chi connectivity index (χ0n) is 10.4. The number of hydrogen-bond acceptors (Lipinski definition) is 2. The number of benzene rings is 2. The quantitative estimate of drug-likeness (QED) is 0.927. The van der Waals surface area contributed by atoms with Gasteiger partial charge in [-0.05, 0) is 34.9 Å². The highest BCUT2D eigenvalue weighted by molar-refractivity contribution is 6.31. The second-order valence-electron chi connectivity index (χ2n) is 4.11. The molecule has 0 aliphatic rings. The molecular weight excluding hydrogens is 264 g/mol. The number of carboxylic acids is 1. The van der Waals surface area contributed by atoms with Crippen LogP contribution in [0.3, 0.4) is 0 Å². The summed E-state index contributed by atoms with van der Waals surface area (Å²) in [6.07, 6.45) is -0.0677. The largest absolute Gasteiger partial charge is 0.497 e. The molecule has 0 unspecified atom stereocenters. The predicted octanol–water partition coefficient (Wildman–Crippen LogP) is 3.64. The Morgan fingerprint density at radius 3 is 2.32 bits per heavy atom. The number of methoxy groups -OCH3 is 1. The van der Waals surface area contributed by atoms with Crippen LogP contribution in [0.5, 0.6) is 5.75 Å². The third kappa shape index (κ3) is 3.26. The molecule has 0 aliphatic heterocycles. The molecule has 3 nitrogen and oxygen atoms in total. The summed E-state index contributed by atoms with van der Waals surface area (Å²) < 4.78 is 5.10. The second-order valence-corrected chi connectivity index (χ2v) is 4.51. The summed E-state index contributed by atoms with van der Waals surface area (Å²) in [5, 5.41) is 9.23. The van der Waals surface area contributed by atoms with Crippen LogP contribution >= 0.6 is 11.6 Å². The van der Waals surface area contributed by atoms with Gasteiger partial charge in [-0.1, -0.05) is 35.9 Å². The lowest BCUT2D eigenvalue weighted by atomic mass is 10.0. The van der Waals surface area contributed by atoms with Crippen molar-refractivity contribution in [1.82, 2.24) is 0 Å². The van der Waals surface area contributed by atoms with E-state index in [4.69, 9.17) is 21.4 Å². The lowest BCUT2D eigenvalue weighted by Crippen LogP contribution is -2.00. The van der Waals surface area contributed by atoms with Crippen LogP contribution in [0.25, 0.3) is 11.1 Å². The molecule has 2 aromatic rings. The molecular formula is C15H13ClO3. The van der Waals surface area contributed by atoms with Gasteiger partial charge in [0.25, 0.3) is 0 Å². The fourth-order valence-electron chi connectivity index (χ4n) is 1.82. The van der Waals surface area contributed by atoms with E-state index in [1.165, 1.54) is 0 Å². The maximum Gasteiger partial charge on any atom is 0.307 e. The van der Waals surface area contributed by atoms with Gasteiger partial charge in [-0.15, -0.1) is 0 Å². The van der Waals surface area contributed by atoms with E-state index in [2.05, 4.69) is 0 Å². The van der Waals surface area contributed by atoms with E-state index in [1.54, 1.807) is 19.2 Å². The molecule has 19 heavy (non-hydrogen) atoms. The first-order valence-corrected chi connectivity index (χ1v) is 6.12. The van der Waals surface area contributed by atoms with Gasteiger partial charge in [0.2, 0.25) is 0 Å². The first-order chi connectivity index (χ1) is 9.10. The first kappa shape index (κ1) is 13.4. The maximum atomic E-state index is 10.7. The summed E-state index contributed by atoms with van der Waals surface area (Å²) in [6, 6.07) is 13.0. The Morgan fingerprint density at radius 1 is 1.16 bits per heavy atom. The van der Waals surface area contributed by atoms with Crippen molar-refractivity contribution in [3.63, 3.8) is 0 Å². The van der Waals surface area contributed by atoms with Crippen LogP contribution < -0.4 is 4.74 Å². The van der Waals surface area contributed by atoms with Crippen molar-refractivity contribution in [2.24, 2.45) is 0 Å². The topological polar surface area (TPSA) is 46.5 Å². The van der Waals surface area contributed by atoms with Crippen molar-refractivity contribution in [2.45, 2.75) is 6.42 Å². The van der Waals surface area contributed by atoms with Gasteiger partial charge < -0.3 is 9.84 Å². The maximum absolute atomic E-state index is 10.7. The summed E-state index contributed by atoms with van der Waals surface area (Å²) in [5.41, 5.74) is 2.57. The molecule has 0 heterocycles. The van der Waals surface area contributed by atoms with E-state index >= 15 is 0 Å². The number of carboxylic acid groups (broad SMARTS) is 1. The van der Waals surface area contributed by atoms with E-state index in [0.717, 1.165) is 16.9 Å². The number of halogens is 1. The molecule has 0 spiro atoms. The van der Waals surface area contributed by atoms with E-state index in [0.29, 0.717) is 10.6 Å². The summed E-state index contributed by atoms with van der Waals surface area (Å²) in [5.74, 6) is -0.101. The van der Waals surface area contributed by atoms with Gasteiger partial charge in [-0.2, -0.15) is 0 Å². The third-order valence-corrected chi connectivity index (χ3v) is 3.17. The highest BCUT2D eigenvalue weighted by atomic mass is 35.5. The lowest BCUT2D eigenvalue weighted by Gasteiger charge is -2.07. The molecule has 0 saturated carbocycles. The first-order valence-electron chi connectivity index (χ1n) is 5.75. The molecule has 0 radical (unpaired) electrons. The molecule has 0 fully saturated rings. The van der Waals surface area contributed by atoms with E-state index in [9.17, 15) is 4.79 Å². The normalized spacial score (nSPS) is 10.2. The minimum Gasteiger partial charge on any atom is -0.497 e. The minimum absolute atomic E-state index is 0.0677. The molecule has 0 atom stereocenters. The van der Waals surface area contributed by atoms with Crippen LogP contribution in [0.2, 0.25) is 5.02 Å². The van der Waals surface area contributed by atoms with Crippen LogP contribution in [-0.2, 0) is 11.2 Å². The van der Waals surface area contributed by atoms with Gasteiger partial charge >= 0.3 is 5.97 Å². The Morgan fingerprint density at radius 2 is 1.79 bits per heavy atom. The Labute approximate surface area is 116 Å². The highest BCUT2D eigenvalue weighted by Crippen LogP contribution is 2.27. The molecule has 2 rings (SSSR count).